The Balaban J connectivity index is 2.11. The number of benzene rings is 1. The van der Waals surface area contributed by atoms with Gasteiger partial charge in [0.1, 0.15) is 0 Å². The maximum atomic E-state index is 12.3. The molecule has 2 unspecified atom stereocenters. The number of carbonyl (C=O) groups is 1. The van der Waals surface area contributed by atoms with Crippen LogP contribution in [0.25, 0.3) is 0 Å². The van der Waals surface area contributed by atoms with Crippen molar-refractivity contribution in [2.45, 2.75) is 38.8 Å². The lowest BCUT2D eigenvalue weighted by Gasteiger charge is -2.16. The summed E-state index contributed by atoms with van der Waals surface area (Å²) < 4.78 is 5.45. The first-order chi connectivity index (χ1) is 10.1. The third-order valence-electron chi connectivity index (χ3n) is 3.50. The monoisotopic (exact) mass is 287 g/mol. The van der Waals surface area contributed by atoms with Gasteiger partial charge < -0.3 is 15.2 Å². The second-order valence-electron chi connectivity index (χ2n) is 5.31. The number of aliphatic hydroxyl groups excluding tert-OH is 1. The van der Waals surface area contributed by atoms with E-state index in [1.54, 1.807) is 6.07 Å². The van der Waals surface area contributed by atoms with Crippen molar-refractivity contribution in [1.29, 1.82) is 0 Å². The fourth-order valence-corrected chi connectivity index (χ4v) is 2.38. The maximum Gasteiger partial charge on any atom is 0.251 e. The Kier molecular flexibility index (Phi) is 5.38. The van der Waals surface area contributed by atoms with Crippen LogP contribution in [0.3, 0.4) is 0 Å². The highest BCUT2D eigenvalue weighted by atomic mass is 16.5. The normalized spacial score (nSPS) is 20.7. The van der Waals surface area contributed by atoms with Gasteiger partial charge in [-0.15, -0.1) is 0 Å². The van der Waals surface area contributed by atoms with E-state index in [0.29, 0.717) is 18.6 Å². The third-order valence-corrected chi connectivity index (χ3v) is 3.50. The summed E-state index contributed by atoms with van der Waals surface area (Å²) in [5, 5.41) is 11.8. The number of carbonyl (C=O) groups excluding carboxylic acids is 1. The lowest BCUT2D eigenvalue weighted by atomic mass is 10.0. The smallest absolute Gasteiger partial charge is 0.251 e. The summed E-state index contributed by atoms with van der Waals surface area (Å²) in [6.45, 7) is 4.65. The Morgan fingerprint density at radius 1 is 1.48 bits per heavy atom. The zero-order chi connectivity index (χ0) is 15.2. The van der Waals surface area contributed by atoms with Crippen molar-refractivity contribution in [1.82, 2.24) is 5.32 Å². The van der Waals surface area contributed by atoms with Crippen LogP contribution < -0.4 is 5.32 Å². The summed E-state index contributed by atoms with van der Waals surface area (Å²) >= 11 is 0. The first-order valence-electron chi connectivity index (χ1n) is 7.24. The van der Waals surface area contributed by atoms with Crippen LogP contribution in [0.5, 0.6) is 0 Å². The molecule has 1 amide bonds. The van der Waals surface area contributed by atoms with Gasteiger partial charge in [-0.2, -0.15) is 0 Å². The largest absolute Gasteiger partial charge is 0.395 e. The standard InChI is InChI=1S/C17H21NO3/c1-12-9-14(5-3-4-7-19)11-15(10-12)17(20)18-16-6-8-21-13(16)2/h9-11,13,16,19H,4,6-8H2,1-2H3,(H,18,20). The van der Waals surface area contributed by atoms with Gasteiger partial charge in [0.05, 0.1) is 18.8 Å². The van der Waals surface area contributed by atoms with E-state index in [-0.39, 0.29) is 24.7 Å². The maximum absolute atomic E-state index is 12.3. The second kappa shape index (κ2) is 7.26. The highest BCUT2D eigenvalue weighted by molar-refractivity contribution is 5.95. The molecule has 0 spiro atoms. The summed E-state index contributed by atoms with van der Waals surface area (Å²) in [6, 6.07) is 5.64. The van der Waals surface area contributed by atoms with Gasteiger partial charge in [0.25, 0.3) is 5.91 Å². The molecule has 1 aliphatic heterocycles. The van der Waals surface area contributed by atoms with E-state index < -0.39 is 0 Å². The van der Waals surface area contributed by atoms with E-state index in [0.717, 1.165) is 17.5 Å². The minimum Gasteiger partial charge on any atom is -0.395 e. The molecular formula is C17H21NO3. The van der Waals surface area contributed by atoms with Crippen LogP contribution in [0.15, 0.2) is 18.2 Å². The van der Waals surface area contributed by atoms with Gasteiger partial charge in [0.15, 0.2) is 0 Å². The minimum absolute atomic E-state index is 0.0473. The van der Waals surface area contributed by atoms with E-state index >= 15 is 0 Å². The molecule has 4 nitrogen and oxygen atoms in total. The Morgan fingerprint density at radius 2 is 2.29 bits per heavy atom. The van der Waals surface area contributed by atoms with Crippen molar-refractivity contribution < 1.29 is 14.6 Å². The third kappa shape index (κ3) is 4.32. The molecule has 1 heterocycles. The molecule has 1 fully saturated rings. The van der Waals surface area contributed by atoms with Crippen molar-refractivity contribution >= 4 is 5.91 Å². The molecule has 1 saturated heterocycles. The number of nitrogens with one attached hydrogen (secondary N) is 1. The van der Waals surface area contributed by atoms with Crippen LogP contribution in [0.2, 0.25) is 0 Å². The quantitative estimate of drug-likeness (QED) is 0.831. The van der Waals surface area contributed by atoms with Crippen LogP contribution in [-0.4, -0.2) is 36.4 Å². The van der Waals surface area contributed by atoms with Crippen molar-refractivity contribution in [2.75, 3.05) is 13.2 Å². The molecule has 1 aromatic carbocycles. The Morgan fingerprint density at radius 3 is 2.95 bits per heavy atom. The van der Waals surface area contributed by atoms with E-state index in [1.807, 2.05) is 26.0 Å². The number of aliphatic hydroxyl groups is 1. The number of hydrogen-bond acceptors (Lipinski definition) is 3. The molecule has 1 aliphatic rings. The van der Waals surface area contributed by atoms with Gasteiger partial charge in [-0.25, -0.2) is 0 Å². The van der Waals surface area contributed by atoms with Crippen LogP contribution in [0, 0.1) is 18.8 Å². The van der Waals surface area contributed by atoms with Crippen molar-refractivity contribution in [3.05, 3.63) is 34.9 Å². The fourth-order valence-electron chi connectivity index (χ4n) is 2.38. The molecule has 1 aromatic rings. The summed E-state index contributed by atoms with van der Waals surface area (Å²) in [6.07, 6.45) is 1.34. The first-order valence-corrected chi connectivity index (χ1v) is 7.24. The minimum atomic E-state index is -0.0914. The number of hydrogen-bond donors (Lipinski definition) is 2. The van der Waals surface area contributed by atoms with E-state index in [9.17, 15) is 4.79 Å². The predicted molar refractivity (Wildman–Crippen MR) is 81.0 cm³/mol. The molecular weight excluding hydrogens is 266 g/mol. The highest BCUT2D eigenvalue weighted by Crippen LogP contribution is 2.15. The molecule has 0 saturated carbocycles. The Labute approximate surface area is 125 Å². The second-order valence-corrected chi connectivity index (χ2v) is 5.31. The Bertz CT molecular complexity index is 571. The summed E-state index contributed by atoms with van der Waals surface area (Å²) in [7, 11) is 0. The highest BCUT2D eigenvalue weighted by Gasteiger charge is 2.26. The molecule has 0 bridgehead atoms. The molecule has 0 aliphatic carbocycles. The first kappa shape index (κ1) is 15.6. The molecule has 0 aromatic heterocycles. The number of rotatable bonds is 3. The van der Waals surface area contributed by atoms with Gasteiger partial charge in [-0.1, -0.05) is 11.8 Å². The fraction of sp³-hybridized carbons (Fsp3) is 0.471. The zero-order valence-electron chi connectivity index (χ0n) is 12.5. The topological polar surface area (TPSA) is 58.6 Å². The summed E-state index contributed by atoms with van der Waals surface area (Å²) in [5.74, 6) is 5.75. The molecule has 21 heavy (non-hydrogen) atoms. The molecule has 112 valence electrons. The van der Waals surface area contributed by atoms with Crippen LogP contribution in [0.1, 0.15) is 41.3 Å². The molecule has 2 rings (SSSR count). The van der Waals surface area contributed by atoms with Crippen LogP contribution in [0.4, 0.5) is 0 Å². The lowest BCUT2D eigenvalue weighted by molar-refractivity contribution is 0.0866. The number of aryl methyl sites for hydroxylation is 1. The summed E-state index contributed by atoms with van der Waals surface area (Å²) in [5.41, 5.74) is 2.40. The Hall–Kier alpha value is -1.83. The SMILES string of the molecule is Cc1cc(C#CCCO)cc(C(=O)NC2CCOC2C)c1. The van der Waals surface area contributed by atoms with Crippen molar-refractivity contribution in [2.24, 2.45) is 0 Å². The van der Waals surface area contributed by atoms with Gasteiger partial charge in [-0.05, 0) is 44.0 Å². The lowest BCUT2D eigenvalue weighted by Crippen LogP contribution is -2.39. The number of ether oxygens (including phenoxy) is 1. The number of amides is 1. The van der Waals surface area contributed by atoms with Gasteiger partial charge in [0.2, 0.25) is 0 Å². The van der Waals surface area contributed by atoms with Crippen molar-refractivity contribution in [3.63, 3.8) is 0 Å². The van der Waals surface area contributed by atoms with Gasteiger partial charge in [-0.3, -0.25) is 4.79 Å². The summed E-state index contributed by atoms with van der Waals surface area (Å²) in [4.78, 5) is 12.3. The zero-order valence-corrected chi connectivity index (χ0v) is 12.5. The van der Waals surface area contributed by atoms with E-state index in [2.05, 4.69) is 17.2 Å². The molecule has 2 N–H and O–H groups in total. The average Bonchev–Trinajstić information content (AvgIpc) is 2.84. The average molecular weight is 287 g/mol. The van der Waals surface area contributed by atoms with Gasteiger partial charge in [0, 0.05) is 24.2 Å². The van der Waals surface area contributed by atoms with Crippen LogP contribution in [-0.2, 0) is 4.74 Å². The molecule has 2 atom stereocenters. The molecule has 4 heteroatoms. The van der Waals surface area contributed by atoms with E-state index in [4.69, 9.17) is 9.84 Å². The van der Waals surface area contributed by atoms with Crippen LogP contribution >= 0.6 is 0 Å². The van der Waals surface area contributed by atoms with E-state index in [1.165, 1.54) is 0 Å². The predicted octanol–water partition coefficient (Wildman–Crippen LogP) is 1.64. The molecule has 0 radical (unpaired) electrons. The van der Waals surface area contributed by atoms with Gasteiger partial charge >= 0.3 is 0 Å². The van der Waals surface area contributed by atoms with Crippen molar-refractivity contribution in [3.8, 4) is 11.8 Å².